The van der Waals surface area contributed by atoms with Crippen molar-refractivity contribution in [2.75, 3.05) is 5.32 Å². The van der Waals surface area contributed by atoms with Crippen LogP contribution in [-0.2, 0) is 12.8 Å². The lowest BCUT2D eigenvalue weighted by Crippen LogP contribution is -2.31. The van der Waals surface area contributed by atoms with Gasteiger partial charge in [0.05, 0.1) is 5.39 Å². The topological polar surface area (TPSA) is 57.8 Å². The number of aromatic nitrogens is 2. The van der Waals surface area contributed by atoms with Gasteiger partial charge >= 0.3 is 0 Å². The van der Waals surface area contributed by atoms with E-state index in [1.54, 1.807) is 11.3 Å². The van der Waals surface area contributed by atoms with Crippen molar-refractivity contribution < 1.29 is 0 Å². The summed E-state index contributed by atoms with van der Waals surface area (Å²) in [4.78, 5) is 22.7. The number of aryl methyl sites for hydroxylation is 2. The number of thiophene rings is 1. The Hall–Kier alpha value is -1.36. The Bertz CT molecular complexity index is 839. The van der Waals surface area contributed by atoms with Gasteiger partial charge in [-0.1, -0.05) is 6.42 Å². The van der Waals surface area contributed by atoms with Crippen LogP contribution in [0.5, 0.6) is 0 Å². The largest absolute Gasteiger partial charge is 0.353 e. The van der Waals surface area contributed by atoms with Crippen LogP contribution >= 0.6 is 11.3 Å². The third-order valence-electron chi connectivity index (χ3n) is 6.62. The number of aromatic amines is 1. The Kier molecular flexibility index (Phi) is 3.47. The van der Waals surface area contributed by atoms with Gasteiger partial charge < -0.3 is 5.32 Å². The second kappa shape index (κ2) is 5.58. The smallest absolute Gasteiger partial charge is 0.261 e. The highest BCUT2D eigenvalue weighted by Gasteiger charge is 2.41. The van der Waals surface area contributed by atoms with E-state index >= 15 is 0 Å². The Morgan fingerprint density at radius 1 is 1.25 bits per heavy atom. The number of rotatable bonds is 3. The molecule has 0 aromatic carbocycles. The third-order valence-corrected chi connectivity index (χ3v) is 7.81. The summed E-state index contributed by atoms with van der Waals surface area (Å²) in [6.07, 6.45) is 10.2. The van der Waals surface area contributed by atoms with Crippen molar-refractivity contribution in [3.05, 3.63) is 20.8 Å². The Balaban J connectivity index is 1.44. The van der Waals surface area contributed by atoms with Gasteiger partial charge in [0.25, 0.3) is 5.56 Å². The minimum atomic E-state index is 0.0436. The molecule has 2 heterocycles. The van der Waals surface area contributed by atoms with Crippen molar-refractivity contribution in [1.82, 2.24) is 9.97 Å². The van der Waals surface area contributed by atoms with E-state index in [9.17, 15) is 4.79 Å². The van der Waals surface area contributed by atoms with E-state index in [4.69, 9.17) is 4.98 Å². The van der Waals surface area contributed by atoms with Gasteiger partial charge in [-0.25, -0.2) is 4.98 Å². The van der Waals surface area contributed by atoms with Crippen LogP contribution in [0.3, 0.4) is 0 Å². The molecule has 0 spiro atoms. The molecule has 3 aliphatic rings. The maximum Gasteiger partial charge on any atom is 0.261 e. The molecule has 5 rings (SSSR count). The first-order valence-electron chi connectivity index (χ1n) is 9.50. The molecule has 4 unspecified atom stereocenters. The highest BCUT2D eigenvalue weighted by atomic mass is 32.1. The van der Waals surface area contributed by atoms with E-state index in [0.29, 0.717) is 12.0 Å². The maximum absolute atomic E-state index is 12.6. The fourth-order valence-corrected chi connectivity index (χ4v) is 6.72. The fourth-order valence-electron chi connectivity index (χ4n) is 5.46. The minimum Gasteiger partial charge on any atom is -0.353 e. The molecular weight excluding hydrogens is 318 g/mol. The SMILES string of the molecule is CC(Nc1nc2sc3c(c2c(=O)[nH]1)CCCC3)C1CC2CCC1C2. The molecule has 2 N–H and O–H groups in total. The standard InChI is InChI=1S/C19H25N3OS/c1-10(14-9-11-6-7-12(14)8-11)20-19-21-17(23)16-13-4-2-3-5-15(13)24-18(16)22-19/h10-12,14H,2-9H2,1H3,(H2,20,21,22,23). The number of nitrogens with zero attached hydrogens (tertiary/aromatic N) is 1. The molecule has 2 aromatic heterocycles. The van der Waals surface area contributed by atoms with Crippen molar-refractivity contribution in [1.29, 1.82) is 0 Å². The Morgan fingerprint density at radius 3 is 2.92 bits per heavy atom. The molecule has 3 aliphatic carbocycles. The predicted molar refractivity (Wildman–Crippen MR) is 98.9 cm³/mol. The van der Waals surface area contributed by atoms with E-state index in [2.05, 4.69) is 17.2 Å². The van der Waals surface area contributed by atoms with Gasteiger partial charge in [-0.2, -0.15) is 0 Å². The van der Waals surface area contributed by atoms with E-state index < -0.39 is 0 Å². The van der Waals surface area contributed by atoms with Gasteiger partial charge in [0.2, 0.25) is 5.95 Å². The van der Waals surface area contributed by atoms with E-state index in [1.807, 2.05) is 0 Å². The van der Waals surface area contributed by atoms with Crippen molar-refractivity contribution in [2.45, 2.75) is 64.3 Å². The first-order valence-corrected chi connectivity index (χ1v) is 10.3. The monoisotopic (exact) mass is 343 g/mol. The zero-order valence-electron chi connectivity index (χ0n) is 14.2. The second-order valence-electron chi connectivity index (χ2n) is 8.08. The lowest BCUT2D eigenvalue weighted by atomic mass is 9.84. The summed E-state index contributed by atoms with van der Waals surface area (Å²) in [5.74, 6) is 3.23. The maximum atomic E-state index is 12.6. The summed E-state index contributed by atoms with van der Waals surface area (Å²) in [6.45, 7) is 2.26. The number of nitrogens with one attached hydrogen (secondary N) is 2. The van der Waals surface area contributed by atoms with Crippen LogP contribution in [0.2, 0.25) is 0 Å². The molecule has 0 radical (unpaired) electrons. The van der Waals surface area contributed by atoms with Gasteiger partial charge in [0.1, 0.15) is 4.83 Å². The van der Waals surface area contributed by atoms with Crippen molar-refractivity contribution in [3.8, 4) is 0 Å². The van der Waals surface area contributed by atoms with Gasteiger partial charge in [-0.3, -0.25) is 9.78 Å². The minimum absolute atomic E-state index is 0.0436. The third kappa shape index (κ3) is 2.32. The van der Waals surface area contributed by atoms with Crippen LogP contribution in [-0.4, -0.2) is 16.0 Å². The highest BCUT2D eigenvalue weighted by Crippen LogP contribution is 2.49. The summed E-state index contributed by atoms with van der Waals surface area (Å²) >= 11 is 1.73. The molecule has 4 nitrogen and oxygen atoms in total. The fraction of sp³-hybridized carbons (Fsp3) is 0.684. The molecule has 5 heteroatoms. The van der Waals surface area contributed by atoms with Crippen LogP contribution in [0.15, 0.2) is 4.79 Å². The summed E-state index contributed by atoms with van der Waals surface area (Å²) < 4.78 is 0. The lowest BCUT2D eigenvalue weighted by molar-refractivity contribution is 0.303. The first-order chi connectivity index (χ1) is 11.7. The van der Waals surface area contributed by atoms with Gasteiger partial charge in [-0.15, -0.1) is 11.3 Å². The van der Waals surface area contributed by atoms with E-state index in [1.165, 1.54) is 49.0 Å². The zero-order chi connectivity index (χ0) is 16.3. The number of hydrogen-bond acceptors (Lipinski definition) is 4. The molecule has 24 heavy (non-hydrogen) atoms. The average Bonchev–Trinajstić information content (AvgIpc) is 3.27. The molecule has 128 valence electrons. The zero-order valence-corrected chi connectivity index (χ0v) is 15.0. The van der Waals surface area contributed by atoms with Crippen LogP contribution in [0.4, 0.5) is 5.95 Å². The Morgan fingerprint density at radius 2 is 2.12 bits per heavy atom. The van der Waals surface area contributed by atoms with E-state index in [0.717, 1.165) is 40.8 Å². The molecule has 2 fully saturated rings. The molecular formula is C19H25N3OS. The molecule has 0 amide bonds. The number of H-pyrrole nitrogens is 1. The summed E-state index contributed by atoms with van der Waals surface area (Å²) in [5, 5.41) is 4.38. The first kappa shape index (κ1) is 14.9. The average molecular weight is 343 g/mol. The van der Waals surface area contributed by atoms with Gasteiger partial charge in [-0.05, 0) is 75.2 Å². The summed E-state index contributed by atoms with van der Waals surface area (Å²) in [7, 11) is 0. The predicted octanol–water partition coefficient (Wildman–Crippen LogP) is 4.10. The molecule has 2 bridgehead atoms. The van der Waals surface area contributed by atoms with E-state index in [-0.39, 0.29) is 5.56 Å². The molecule has 2 aromatic rings. The van der Waals surface area contributed by atoms with Crippen LogP contribution < -0.4 is 10.9 Å². The Labute approximate surface area is 146 Å². The number of anilines is 1. The van der Waals surface area contributed by atoms with Crippen LogP contribution in [0, 0.1) is 17.8 Å². The summed E-state index contributed by atoms with van der Waals surface area (Å²) in [5.41, 5.74) is 1.31. The lowest BCUT2D eigenvalue weighted by Gasteiger charge is -2.28. The van der Waals surface area contributed by atoms with Crippen molar-refractivity contribution >= 4 is 27.5 Å². The second-order valence-corrected chi connectivity index (χ2v) is 9.16. The van der Waals surface area contributed by atoms with Gasteiger partial charge in [0.15, 0.2) is 0 Å². The molecule has 0 aliphatic heterocycles. The molecule has 2 saturated carbocycles. The van der Waals surface area contributed by atoms with Crippen LogP contribution in [0.1, 0.15) is 55.9 Å². The quantitative estimate of drug-likeness (QED) is 0.882. The molecule has 0 saturated heterocycles. The van der Waals surface area contributed by atoms with Crippen molar-refractivity contribution in [3.63, 3.8) is 0 Å². The van der Waals surface area contributed by atoms with Gasteiger partial charge in [0, 0.05) is 10.9 Å². The van der Waals surface area contributed by atoms with Crippen molar-refractivity contribution in [2.24, 2.45) is 17.8 Å². The highest BCUT2D eigenvalue weighted by molar-refractivity contribution is 7.18. The van der Waals surface area contributed by atoms with Crippen LogP contribution in [0.25, 0.3) is 10.2 Å². The number of hydrogen-bond donors (Lipinski definition) is 2. The molecule has 4 atom stereocenters. The number of fused-ring (bicyclic) bond motifs is 5. The normalized spacial score (nSPS) is 29.8. The summed E-state index contributed by atoms with van der Waals surface area (Å²) in [6, 6.07) is 0.385.